The molecule has 118 valence electrons. The van der Waals surface area contributed by atoms with Gasteiger partial charge in [-0.25, -0.2) is 4.79 Å². The number of carbonyl (C=O) groups excluding carboxylic acids is 1. The lowest BCUT2D eigenvalue weighted by molar-refractivity contribution is 0.0540. The number of hydrogen-bond acceptors (Lipinski definition) is 3. The van der Waals surface area contributed by atoms with Crippen molar-refractivity contribution in [3.63, 3.8) is 0 Å². The Hall–Kier alpha value is -1.75. The van der Waals surface area contributed by atoms with Crippen molar-refractivity contribution in [2.24, 2.45) is 0 Å². The molecule has 0 spiro atoms. The zero-order chi connectivity index (χ0) is 16.3. The summed E-state index contributed by atoms with van der Waals surface area (Å²) in [6.07, 6.45) is 1.28. The third kappa shape index (κ3) is 3.91. The van der Waals surface area contributed by atoms with E-state index in [0.29, 0.717) is 6.61 Å². The van der Waals surface area contributed by atoms with Crippen LogP contribution in [0.25, 0.3) is 11.3 Å². The smallest absolute Gasteiger partial charge is 0.419 e. The maximum atomic E-state index is 12.4. The van der Waals surface area contributed by atoms with Crippen molar-refractivity contribution in [3.8, 4) is 17.0 Å². The van der Waals surface area contributed by atoms with E-state index in [1.807, 2.05) is 58.0 Å². The van der Waals surface area contributed by atoms with Gasteiger partial charge in [0.05, 0.1) is 12.3 Å². The van der Waals surface area contributed by atoms with Crippen LogP contribution < -0.4 is 4.74 Å². The van der Waals surface area contributed by atoms with Crippen LogP contribution in [0.15, 0.2) is 41.0 Å². The predicted molar refractivity (Wildman–Crippen MR) is 90.4 cm³/mol. The van der Waals surface area contributed by atoms with E-state index in [1.54, 1.807) is 6.20 Å². The van der Waals surface area contributed by atoms with Crippen molar-refractivity contribution in [3.05, 3.63) is 41.0 Å². The monoisotopic (exact) mass is 365 g/mol. The van der Waals surface area contributed by atoms with E-state index >= 15 is 0 Å². The van der Waals surface area contributed by atoms with Gasteiger partial charge in [0.15, 0.2) is 0 Å². The number of carbonyl (C=O) groups is 1. The first-order chi connectivity index (χ1) is 10.3. The van der Waals surface area contributed by atoms with Crippen LogP contribution in [-0.4, -0.2) is 22.9 Å². The van der Waals surface area contributed by atoms with Gasteiger partial charge in [0, 0.05) is 16.2 Å². The Labute approximate surface area is 139 Å². The van der Waals surface area contributed by atoms with Gasteiger partial charge >= 0.3 is 6.09 Å². The molecule has 1 aromatic heterocycles. The summed E-state index contributed by atoms with van der Waals surface area (Å²) in [4.78, 5) is 12.4. The Balaban J connectivity index is 2.47. The molecule has 0 radical (unpaired) electrons. The van der Waals surface area contributed by atoms with Crippen LogP contribution >= 0.6 is 15.9 Å². The minimum Gasteiger partial charge on any atom is -0.493 e. The van der Waals surface area contributed by atoms with Crippen molar-refractivity contribution in [1.29, 1.82) is 0 Å². The lowest BCUT2D eigenvalue weighted by Gasteiger charge is -2.20. The number of ether oxygens (including phenoxy) is 2. The second-order valence-electron chi connectivity index (χ2n) is 5.82. The van der Waals surface area contributed by atoms with E-state index in [4.69, 9.17) is 9.47 Å². The molecule has 0 amide bonds. The molecule has 22 heavy (non-hydrogen) atoms. The lowest BCUT2D eigenvalue weighted by Crippen LogP contribution is -2.27. The van der Waals surface area contributed by atoms with Crippen LogP contribution in [0.4, 0.5) is 4.79 Å². The van der Waals surface area contributed by atoms with Crippen LogP contribution in [0, 0.1) is 0 Å². The molecule has 1 heterocycles. The molecule has 0 unspecified atom stereocenters. The standard InChI is InChI=1S/C17H20BrNO3/c1-5-21-15-9-7-6-8-13(15)14-10-12(18)11-19(14)16(20)22-17(2,3)4/h6-11H,5H2,1-4H3. The minimum absolute atomic E-state index is 0.417. The third-order valence-electron chi connectivity index (χ3n) is 2.84. The first kappa shape index (κ1) is 16.6. The van der Waals surface area contributed by atoms with E-state index in [1.165, 1.54) is 4.57 Å². The Kier molecular flexibility index (Phi) is 4.96. The highest BCUT2D eigenvalue weighted by Gasteiger charge is 2.22. The highest BCUT2D eigenvalue weighted by Crippen LogP contribution is 2.33. The molecule has 0 fully saturated rings. The highest BCUT2D eigenvalue weighted by atomic mass is 79.9. The van der Waals surface area contributed by atoms with Crippen LogP contribution in [-0.2, 0) is 4.74 Å². The van der Waals surface area contributed by atoms with E-state index in [0.717, 1.165) is 21.5 Å². The van der Waals surface area contributed by atoms with Gasteiger partial charge in [-0.15, -0.1) is 0 Å². The summed E-state index contributed by atoms with van der Waals surface area (Å²) < 4.78 is 13.4. The van der Waals surface area contributed by atoms with E-state index in [9.17, 15) is 4.79 Å². The molecule has 4 nitrogen and oxygen atoms in total. The Morgan fingerprint density at radius 3 is 2.59 bits per heavy atom. The average molecular weight is 366 g/mol. The van der Waals surface area contributed by atoms with Gasteiger partial charge < -0.3 is 9.47 Å². The second-order valence-corrected chi connectivity index (χ2v) is 6.74. The van der Waals surface area contributed by atoms with Crippen LogP contribution in [0.1, 0.15) is 27.7 Å². The van der Waals surface area contributed by atoms with E-state index in [-0.39, 0.29) is 0 Å². The first-order valence-corrected chi connectivity index (χ1v) is 7.94. The molecule has 0 aliphatic heterocycles. The van der Waals surface area contributed by atoms with Gasteiger partial charge in [-0.05, 0) is 61.8 Å². The number of rotatable bonds is 3. The minimum atomic E-state index is -0.551. The normalized spacial score (nSPS) is 11.3. The molecule has 0 saturated heterocycles. The van der Waals surface area contributed by atoms with Crippen molar-refractivity contribution in [2.45, 2.75) is 33.3 Å². The van der Waals surface area contributed by atoms with Crippen molar-refractivity contribution in [1.82, 2.24) is 4.57 Å². The van der Waals surface area contributed by atoms with Crippen LogP contribution in [0.3, 0.4) is 0 Å². The molecule has 0 atom stereocenters. The van der Waals surface area contributed by atoms with Gasteiger partial charge in [-0.1, -0.05) is 12.1 Å². The Morgan fingerprint density at radius 2 is 1.95 bits per heavy atom. The fourth-order valence-electron chi connectivity index (χ4n) is 2.06. The molecule has 5 heteroatoms. The molecule has 0 N–H and O–H groups in total. The summed E-state index contributed by atoms with van der Waals surface area (Å²) in [6.45, 7) is 8.02. The number of para-hydroxylation sites is 1. The molecule has 0 aliphatic rings. The number of hydrogen-bond donors (Lipinski definition) is 0. The van der Waals surface area contributed by atoms with Crippen molar-refractivity contribution >= 4 is 22.0 Å². The number of nitrogens with zero attached hydrogens (tertiary/aromatic N) is 1. The van der Waals surface area contributed by atoms with Crippen molar-refractivity contribution in [2.75, 3.05) is 6.61 Å². The zero-order valence-electron chi connectivity index (χ0n) is 13.2. The average Bonchev–Trinajstić information content (AvgIpc) is 2.80. The summed E-state index contributed by atoms with van der Waals surface area (Å²) in [7, 11) is 0. The van der Waals surface area contributed by atoms with Crippen LogP contribution in [0.2, 0.25) is 0 Å². The number of halogens is 1. The van der Waals surface area contributed by atoms with Gasteiger partial charge in [-0.3, -0.25) is 4.57 Å². The second kappa shape index (κ2) is 6.57. The fourth-order valence-corrected chi connectivity index (χ4v) is 2.48. The molecule has 1 aromatic carbocycles. The van der Waals surface area contributed by atoms with E-state index < -0.39 is 11.7 Å². The van der Waals surface area contributed by atoms with Gasteiger partial charge in [0.1, 0.15) is 11.4 Å². The summed E-state index contributed by atoms with van der Waals surface area (Å²) in [5.74, 6) is 0.736. The molecule has 0 aliphatic carbocycles. The number of aromatic nitrogens is 1. The van der Waals surface area contributed by atoms with Gasteiger partial charge in [-0.2, -0.15) is 0 Å². The highest BCUT2D eigenvalue weighted by molar-refractivity contribution is 9.10. The maximum absolute atomic E-state index is 12.4. The first-order valence-electron chi connectivity index (χ1n) is 7.15. The largest absolute Gasteiger partial charge is 0.493 e. The summed E-state index contributed by atoms with van der Waals surface area (Å²) in [5, 5.41) is 0. The van der Waals surface area contributed by atoms with Gasteiger partial charge in [0.2, 0.25) is 0 Å². The Bertz CT molecular complexity index is 671. The third-order valence-corrected chi connectivity index (χ3v) is 3.27. The molecule has 2 aromatic rings. The number of benzene rings is 1. The summed E-state index contributed by atoms with van der Waals surface area (Å²) in [5.41, 5.74) is 1.02. The zero-order valence-corrected chi connectivity index (χ0v) is 14.8. The quantitative estimate of drug-likeness (QED) is 0.759. The molecular formula is C17H20BrNO3. The molecule has 0 bridgehead atoms. The predicted octanol–water partition coefficient (Wildman–Crippen LogP) is 5.10. The fraction of sp³-hybridized carbons (Fsp3) is 0.353. The molecular weight excluding hydrogens is 346 g/mol. The van der Waals surface area contributed by atoms with Gasteiger partial charge in [0.25, 0.3) is 0 Å². The summed E-state index contributed by atoms with van der Waals surface area (Å²) >= 11 is 3.42. The lowest BCUT2D eigenvalue weighted by atomic mass is 10.1. The van der Waals surface area contributed by atoms with Crippen molar-refractivity contribution < 1.29 is 14.3 Å². The van der Waals surface area contributed by atoms with Crippen LogP contribution in [0.5, 0.6) is 5.75 Å². The topological polar surface area (TPSA) is 40.5 Å². The maximum Gasteiger partial charge on any atom is 0.419 e. The Morgan fingerprint density at radius 1 is 1.27 bits per heavy atom. The molecule has 0 saturated carbocycles. The summed E-state index contributed by atoms with van der Waals surface area (Å²) in [6, 6.07) is 9.51. The van der Waals surface area contributed by atoms with E-state index in [2.05, 4.69) is 15.9 Å². The SMILES string of the molecule is CCOc1ccccc1-c1cc(Br)cn1C(=O)OC(C)(C)C. The molecule has 2 rings (SSSR count).